The fourth-order valence-corrected chi connectivity index (χ4v) is 2.74. The molecule has 0 saturated carbocycles. The highest BCUT2D eigenvalue weighted by molar-refractivity contribution is 5.67. The van der Waals surface area contributed by atoms with Crippen molar-refractivity contribution in [3.05, 3.63) is 30.9 Å². The summed E-state index contributed by atoms with van der Waals surface area (Å²) in [6.07, 6.45) is 10.6. The first kappa shape index (κ1) is 13.3. The monoisotopic (exact) mass is 299 g/mol. The minimum absolute atomic E-state index is 0.0190. The molecule has 0 N–H and O–H groups in total. The highest BCUT2D eigenvalue weighted by Crippen LogP contribution is 2.30. The molecule has 0 aliphatic carbocycles. The molecule has 0 spiro atoms. The molecule has 3 aromatic rings. The Morgan fingerprint density at radius 2 is 2.32 bits per heavy atom. The largest absolute Gasteiger partial charge is 0.494 e. The van der Waals surface area contributed by atoms with Crippen LogP contribution in [0.15, 0.2) is 30.9 Å². The number of hydrogen-bond acceptors (Lipinski definition) is 5. The van der Waals surface area contributed by atoms with Gasteiger partial charge in [0.2, 0.25) is 0 Å². The van der Waals surface area contributed by atoms with Crippen LogP contribution in [-0.4, -0.2) is 38.1 Å². The predicted molar refractivity (Wildman–Crippen MR) is 79.6 cm³/mol. The average Bonchev–Trinajstić information content (AvgIpc) is 3.23. The van der Waals surface area contributed by atoms with Gasteiger partial charge in [-0.3, -0.25) is 0 Å². The lowest BCUT2D eigenvalue weighted by Crippen LogP contribution is -2.18. The molecule has 0 radical (unpaired) electrons. The van der Waals surface area contributed by atoms with Gasteiger partial charge in [0.1, 0.15) is 11.9 Å². The summed E-state index contributed by atoms with van der Waals surface area (Å²) >= 11 is 0. The van der Waals surface area contributed by atoms with Crippen LogP contribution in [0.4, 0.5) is 0 Å². The molecule has 1 saturated heterocycles. The number of fused-ring (bicyclic) bond motifs is 1. The lowest BCUT2D eigenvalue weighted by Gasteiger charge is -2.22. The Hall–Kier alpha value is -2.41. The van der Waals surface area contributed by atoms with Crippen molar-refractivity contribution in [1.82, 2.24) is 24.4 Å². The van der Waals surface area contributed by atoms with E-state index in [1.807, 2.05) is 23.1 Å². The SMILES string of the molecule is COc1cc2nccn2nc1-c1cnn(C2CCCCO2)c1. The lowest BCUT2D eigenvalue weighted by molar-refractivity contribution is -0.0394. The van der Waals surface area contributed by atoms with Crippen LogP contribution in [0.1, 0.15) is 25.5 Å². The molecule has 22 heavy (non-hydrogen) atoms. The van der Waals surface area contributed by atoms with E-state index in [9.17, 15) is 0 Å². The second-order valence-electron chi connectivity index (χ2n) is 5.32. The van der Waals surface area contributed by atoms with Crippen LogP contribution in [0.25, 0.3) is 16.9 Å². The van der Waals surface area contributed by atoms with E-state index in [1.54, 1.807) is 24.0 Å². The first-order valence-corrected chi connectivity index (χ1v) is 7.39. The van der Waals surface area contributed by atoms with E-state index in [-0.39, 0.29) is 6.23 Å². The van der Waals surface area contributed by atoms with Crippen LogP contribution < -0.4 is 4.74 Å². The Morgan fingerprint density at radius 3 is 3.14 bits per heavy atom. The highest BCUT2D eigenvalue weighted by Gasteiger charge is 2.19. The van der Waals surface area contributed by atoms with Gasteiger partial charge in [0.25, 0.3) is 0 Å². The Balaban J connectivity index is 1.73. The van der Waals surface area contributed by atoms with E-state index in [1.165, 1.54) is 6.42 Å². The van der Waals surface area contributed by atoms with Crippen molar-refractivity contribution < 1.29 is 9.47 Å². The number of imidazole rings is 1. The van der Waals surface area contributed by atoms with Crippen molar-refractivity contribution in [2.24, 2.45) is 0 Å². The first-order chi connectivity index (χ1) is 10.8. The zero-order valence-electron chi connectivity index (χ0n) is 12.3. The fourth-order valence-electron chi connectivity index (χ4n) is 2.74. The van der Waals surface area contributed by atoms with E-state index >= 15 is 0 Å². The van der Waals surface area contributed by atoms with E-state index in [0.29, 0.717) is 5.75 Å². The summed E-state index contributed by atoms with van der Waals surface area (Å²) in [7, 11) is 1.63. The molecule has 1 atom stereocenters. The standard InChI is InChI=1S/C15H17N5O2/c1-21-12-8-13-16-5-6-19(13)18-15(12)11-9-17-20(10-11)14-4-2-3-7-22-14/h5-6,8-10,14H,2-4,7H2,1H3. The van der Waals surface area contributed by atoms with Gasteiger partial charge in [-0.05, 0) is 19.3 Å². The summed E-state index contributed by atoms with van der Waals surface area (Å²) < 4.78 is 14.8. The van der Waals surface area contributed by atoms with Crippen LogP contribution in [0.3, 0.4) is 0 Å². The topological polar surface area (TPSA) is 66.5 Å². The normalized spacial score (nSPS) is 18.7. The maximum Gasteiger partial charge on any atom is 0.157 e. The lowest BCUT2D eigenvalue weighted by atomic mass is 10.2. The van der Waals surface area contributed by atoms with Crippen molar-refractivity contribution in [3.8, 4) is 17.0 Å². The summed E-state index contributed by atoms with van der Waals surface area (Å²) in [5.74, 6) is 0.683. The third kappa shape index (κ3) is 2.23. The smallest absolute Gasteiger partial charge is 0.157 e. The first-order valence-electron chi connectivity index (χ1n) is 7.39. The molecule has 0 bridgehead atoms. The van der Waals surface area contributed by atoms with Gasteiger partial charge in [0.15, 0.2) is 11.4 Å². The van der Waals surface area contributed by atoms with E-state index in [4.69, 9.17) is 9.47 Å². The molecule has 4 rings (SSSR count). The number of nitrogens with zero attached hydrogens (tertiary/aromatic N) is 5. The predicted octanol–water partition coefficient (Wildman–Crippen LogP) is 2.30. The van der Waals surface area contributed by atoms with Crippen LogP contribution in [0.2, 0.25) is 0 Å². The van der Waals surface area contributed by atoms with Crippen molar-refractivity contribution in [2.75, 3.05) is 13.7 Å². The van der Waals surface area contributed by atoms with Crippen molar-refractivity contribution in [2.45, 2.75) is 25.5 Å². The molecule has 0 amide bonds. The molecular formula is C15H17N5O2. The Labute approximate surface area is 127 Å². The van der Waals surface area contributed by atoms with Crippen molar-refractivity contribution >= 4 is 5.65 Å². The molecular weight excluding hydrogens is 282 g/mol. The highest BCUT2D eigenvalue weighted by atomic mass is 16.5. The molecule has 1 unspecified atom stereocenters. The summed E-state index contributed by atoms with van der Waals surface area (Å²) in [6.45, 7) is 0.794. The van der Waals surface area contributed by atoms with Gasteiger partial charge in [-0.1, -0.05) is 0 Å². The van der Waals surface area contributed by atoms with Gasteiger partial charge in [0, 0.05) is 36.8 Å². The van der Waals surface area contributed by atoms with E-state index < -0.39 is 0 Å². The van der Waals surface area contributed by atoms with Gasteiger partial charge < -0.3 is 9.47 Å². The van der Waals surface area contributed by atoms with Crippen molar-refractivity contribution in [3.63, 3.8) is 0 Å². The van der Waals surface area contributed by atoms with E-state index in [2.05, 4.69) is 15.2 Å². The molecule has 114 valence electrons. The third-order valence-corrected chi connectivity index (χ3v) is 3.90. The molecule has 1 fully saturated rings. The van der Waals surface area contributed by atoms with Gasteiger partial charge in [-0.25, -0.2) is 14.2 Å². The summed E-state index contributed by atoms with van der Waals surface area (Å²) in [5.41, 5.74) is 2.40. The summed E-state index contributed by atoms with van der Waals surface area (Å²) in [4.78, 5) is 4.22. The number of hydrogen-bond donors (Lipinski definition) is 0. The summed E-state index contributed by atoms with van der Waals surface area (Å²) in [5, 5.41) is 9.00. The van der Waals surface area contributed by atoms with E-state index in [0.717, 1.165) is 36.4 Å². The molecule has 7 nitrogen and oxygen atoms in total. The average molecular weight is 299 g/mol. The molecule has 3 aromatic heterocycles. The molecule has 0 aromatic carbocycles. The second kappa shape index (κ2) is 5.42. The molecule has 1 aliphatic heterocycles. The Bertz CT molecular complexity index is 788. The zero-order chi connectivity index (χ0) is 14.9. The van der Waals surface area contributed by atoms with Crippen LogP contribution in [0.5, 0.6) is 5.75 Å². The Kier molecular flexibility index (Phi) is 3.27. The molecule has 7 heteroatoms. The minimum Gasteiger partial charge on any atom is -0.494 e. The van der Waals surface area contributed by atoms with Crippen molar-refractivity contribution in [1.29, 1.82) is 0 Å². The maximum atomic E-state index is 5.76. The molecule has 1 aliphatic rings. The number of rotatable bonds is 3. The van der Waals surface area contributed by atoms with Crippen LogP contribution >= 0.6 is 0 Å². The van der Waals surface area contributed by atoms with Gasteiger partial charge in [-0.2, -0.15) is 10.2 Å². The molecule has 4 heterocycles. The van der Waals surface area contributed by atoms with Gasteiger partial charge in [0.05, 0.1) is 13.3 Å². The minimum atomic E-state index is 0.0190. The Morgan fingerprint density at radius 1 is 1.36 bits per heavy atom. The number of methoxy groups -OCH3 is 1. The fraction of sp³-hybridized carbons (Fsp3) is 0.400. The number of aromatic nitrogens is 5. The maximum absolute atomic E-state index is 5.76. The number of ether oxygens (including phenoxy) is 2. The summed E-state index contributed by atoms with van der Waals surface area (Å²) in [6, 6.07) is 1.87. The third-order valence-electron chi connectivity index (χ3n) is 3.90. The quantitative estimate of drug-likeness (QED) is 0.742. The second-order valence-corrected chi connectivity index (χ2v) is 5.32. The van der Waals surface area contributed by atoms with Crippen LogP contribution in [-0.2, 0) is 4.74 Å². The van der Waals surface area contributed by atoms with Gasteiger partial charge >= 0.3 is 0 Å². The van der Waals surface area contributed by atoms with Gasteiger partial charge in [-0.15, -0.1) is 0 Å². The van der Waals surface area contributed by atoms with Crippen LogP contribution in [0, 0.1) is 0 Å². The zero-order valence-corrected chi connectivity index (χ0v) is 12.3.